The zero-order valence-electron chi connectivity index (χ0n) is 20.4. The first kappa shape index (κ1) is 28.3. The molecule has 2 rings (SSSR count). The fourth-order valence-electron chi connectivity index (χ4n) is 3.11. The minimum atomic E-state index is -0.142. The smallest absolute Gasteiger partial charge is 0.239 e. The lowest BCUT2D eigenvalue weighted by atomic mass is 10.0. The largest absolute Gasteiger partial charge is 0.400 e. The van der Waals surface area contributed by atoms with Gasteiger partial charge in [-0.05, 0) is 30.5 Å². The number of benzene rings is 1. The molecule has 34 heavy (non-hydrogen) atoms. The predicted octanol–water partition coefficient (Wildman–Crippen LogP) is 2.54. The fraction of sp³-hybridized carbons (Fsp3) is 0.308. The van der Waals surface area contributed by atoms with E-state index in [1.54, 1.807) is 18.1 Å². The number of carbonyl (C=O) groups is 2. The standard InChI is InChI=1S/C25H31N5O2.CH4O/c1-4-8-20-11-12-27-15-22(20)13-19(2)14-28-24(32)17-30(3)25(29-16-23(26)18-31)21-9-6-5-7-10-21;1-2/h5-7,9-13,15-16,18H,4,8,14,17,26H2,1-3H3,(H,28,32);2H,1H3/b19-13+,23-16+,29-25?;. The van der Waals surface area contributed by atoms with Gasteiger partial charge in [0.2, 0.25) is 5.91 Å². The van der Waals surface area contributed by atoms with Crippen molar-refractivity contribution in [2.24, 2.45) is 10.7 Å². The van der Waals surface area contributed by atoms with Crippen molar-refractivity contribution in [3.8, 4) is 0 Å². The van der Waals surface area contributed by atoms with E-state index in [0.717, 1.165) is 36.7 Å². The Morgan fingerprint density at radius 3 is 2.59 bits per heavy atom. The first-order chi connectivity index (χ1) is 16.4. The normalized spacial score (nSPS) is 11.9. The maximum absolute atomic E-state index is 12.6. The Morgan fingerprint density at radius 2 is 1.94 bits per heavy atom. The van der Waals surface area contributed by atoms with Crippen molar-refractivity contribution in [2.75, 3.05) is 27.2 Å². The average Bonchev–Trinajstić information content (AvgIpc) is 2.86. The molecular weight excluding hydrogens is 430 g/mol. The molecule has 1 heterocycles. The number of pyridine rings is 1. The third-order valence-electron chi connectivity index (χ3n) is 4.68. The molecule has 0 aliphatic rings. The van der Waals surface area contributed by atoms with Gasteiger partial charge < -0.3 is 21.1 Å². The number of aromatic nitrogens is 1. The fourth-order valence-corrected chi connectivity index (χ4v) is 3.11. The molecule has 0 bridgehead atoms. The van der Waals surface area contributed by atoms with Crippen LogP contribution in [0.5, 0.6) is 0 Å². The van der Waals surface area contributed by atoms with E-state index in [1.807, 2.05) is 49.5 Å². The molecule has 0 saturated heterocycles. The van der Waals surface area contributed by atoms with E-state index in [-0.39, 0.29) is 18.1 Å². The quantitative estimate of drug-likeness (QED) is 0.215. The summed E-state index contributed by atoms with van der Waals surface area (Å²) in [5.41, 5.74) is 9.74. The van der Waals surface area contributed by atoms with Gasteiger partial charge in [-0.2, -0.15) is 0 Å². The van der Waals surface area contributed by atoms with Gasteiger partial charge in [0.1, 0.15) is 5.84 Å². The minimum absolute atomic E-state index is 0.00916. The highest BCUT2D eigenvalue weighted by Gasteiger charge is 2.13. The summed E-state index contributed by atoms with van der Waals surface area (Å²) in [4.78, 5) is 33.6. The summed E-state index contributed by atoms with van der Waals surface area (Å²) in [7, 11) is 2.77. The third-order valence-corrected chi connectivity index (χ3v) is 4.68. The van der Waals surface area contributed by atoms with E-state index in [2.05, 4.69) is 28.3 Å². The number of aliphatic hydroxyl groups excluding tert-OH is 1. The number of nitrogens with two attached hydrogens (primary N) is 1. The Labute approximate surface area is 201 Å². The van der Waals surface area contributed by atoms with Gasteiger partial charge in [0.05, 0.1) is 18.4 Å². The molecule has 1 aromatic heterocycles. The van der Waals surface area contributed by atoms with Crippen LogP contribution in [0.2, 0.25) is 0 Å². The summed E-state index contributed by atoms with van der Waals surface area (Å²) >= 11 is 0. The van der Waals surface area contributed by atoms with Crippen LogP contribution in [0.1, 0.15) is 37.0 Å². The number of hydrogen-bond donors (Lipinski definition) is 3. The van der Waals surface area contributed by atoms with Crippen molar-refractivity contribution in [3.05, 3.63) is 83.0 Å². The molecule has 0 aliphatic carbocycles. The zero-order valence-corrected chi connectivity index (χ0v) is 20.4. The number of aldehydes is 1. The SMILES string of the molecule is CCCc1ccncc1/C=C(\C)CNC(=O)CN(C)C(=N/C=C(/N)C=O)c1ccccc1.CO. The highest BCUT2D eigenvalue weighted by Crippen LogP contribution is 2.13. The van der Waals surface area contributed by atoms with Crippen molar-refractivity contribution < 1.29 is 14.7 Å². The molecule has 4 N–H and O–H groups in total. The van der Waals surface area contributed by atoms with Crippen LogP contribution < -0.4 is 11.1 Å². The van der Waals surface area contributed by atoms with Gasteiger partial charge >= 0.3 is 0 Å². The Kier molecular flexibility index (Phi) is 13.2. The van der Waals surface area contributed by atoms with Crippen molar-refractivity contribution in [1.29, 1.82) is 0 Å². The van der Waals surface area contributed by atoms with E-state index < -0.39 is 0 Å². The maximum atomic E-state index is 12.6. The molecule has 0 saturated carbocycles. The first-order valence-electron chi connectivity index (χ1n) is 11.0. The van der Waals surface area contributed by atoms with Crippen molar-refractivity contribution in [1.82, 2.24) is 15.2 Å². The molecule has 2 aromatic rings. The number of hydrogen-bond acceptors (Lipinski definition) is 6. The van der Waals surface area contributed by atoms with Crippen LogP contribution in [0.25, 0.3) is 6.08 Å². The number of aliphatic imine (C=N–C) groups is 1. The van der Waals surface area contributed by atoms with Crippen LogP contribution in [0.15, 0.2) is 71.3 Å². The summed E-state index contributed by atoms with van der Waals surface area (Å²) in [5.74, 6) is 0.397. The molecule has 8 heteroatoms. The van der Waals surface area contributed by atoms with Crippen molar-refractivity contribution in [3.63, 3.8) is 0 Å². The highest BCUT2D eigenvalue weighted by atomic mass is 16.2. The van der Waals surface area contributed by atoms with Gasteiger partial charge in [0, 0.05) is 38.7 Å². The number of nitrogens with one attached hydrogen (secondary N) is 1. The molecule has 8 nitrogen and oxygen atoms in total. The number of aliphatic hydroxyl groups is 1. The van der Waals surface area contributed by atoms with Crippen LogP contribution in [0.3, 0.4) is 0 Å². The van der Waals surface area contributed by atoms with E-state index in [0.29, 0.717) is 18.7 Å². The van der Waals surface area contributed by atoms with Gasteiger partial charge in [-0.25, -0.2) is 4.99 Å². The second-order valence-corrected chi connectivity index (χ2v) is 7.51. The van der Waals surface area contributed by atoms with Crippen LogP contribution in [0.4, 0.5) is 0 Å². The molecule has 1 amide bonds. The number of rotatable bonds is 10. The Bertz CT molecular complexity index is 1000. The molecule has 0 unspecified atom stereocenters. The second-order valence-electron chi connectivity index (χ2n) is 7.51. The van der Waals surface area contributed by atoms with E-state index in [1.165, 1.54) is 11.8 Å². The summed E-state index contributed by atoms with van der Waals surface area (Å²) in [5, 5.41) is 9.95. The third kappa shape index (κ3) is 9.79. The number of allylic oxidation sites excluding steroid dienone is 1. The number of amides is 1. The summed E-state index contributed by atoms with van der Waals surface area (Å²) in [6.45, 7) is 4.66. The number of aryl methyl sites for hydroxylation is 1. The zero-order chi connectivity index (χ0) is 25.3. The molecule has 0 aliphatic heterocycles. The topological polar surface area (TPSA) is 121 Å². The van der Waals surface area contributed by atoms with E-state index >= 15 is 0 Å². The molecule has 0 spiro atoms. The highest BCUT2D eigenvalue weighted by molar-refractivity contribution is 6.00. The van der Waals surface area contributed by atoms with Gasteiger partial charge in [-0.3, -0.25) is 14.6 Å². The Hall–Kier alpha value is -3.78. The lowest BCUT2D eigenvalue weighted by Crippen LogP contribution is -2.39. The second kappa shape index (κ2) is 15.9. The number of likely N-dealkylation sites (N-methyl/N-ethyl adjacent to an activating group) is 1. The summed E-state index contributed by atoms with van der Waals surface area (Å²) in [6, 6.07) is 11.5. The average molecular weight is 466 g/mol. The van der Waals surface area contributed by atoms with Crippen LogP contribution >= 0.6 is 0 Å². The molecule has 0 fully saturated rings. The molecule has 182 valence electrons. The lowest BCUT2D eigenvalue weighted by molar-refractivity contribution is -0.121. The predicted molar refractivity (Wildman–Crippen MR) is 137 cm³/mol. The Balaban J connectivity index is 0.00000281. The lowest BCUT2D eigenvalue weighted by Gasteiger charge is -2.21. The number of nitrogens with zero attached hydrogens (tertiary/aromatic N) is 3. The van der Waals surface area contributed by atoms with E-state index in [4.69, 9.17) is 10.8 Å². The van der Waals surface area contributed by atoms with Crippen LogP contribution in [-0.4, -0.2) is 60.3 Å². The molecule has 0 atom stereocenters. The first-order valence-corrected chi connectivity index (χ1v) is 11.0. The minimum Gasteiger partial charge on any atom is -0.400 e. The van der Waals surface area contributed by atoms with Gasteiger partial charge in [-0.1, -0.05) is 55.3 Å². The number of amidine groups is 1. The van der Waals surface area contributed by atoms with E-state index in [9.17, 15) is 9.59 Å². The number of carbonyl (C=O) groups excluding carboxylic acids is 2. The molecular formula is C26H35N5O3. The summed E-state index contributed by atoms with van der Waals surface area (Å²) < 4.78 is 0. The maximum Gasteiger partial charge on any atom is 0.239 e. The monoisotopic (exact) mass is 465 g/mol. The summed E-state index contributed by atoms with van der Waals surface area (Å²) in [6.07, 6.45) is 9.59. The molecule has 1 aromatic carbocycles. The van der Waals surface area contributed by atoms with Crippen molar-refractivity contribution in [2.45, 2.75) is 26.7 Å². The van der Waals surface area contributed by atoms with Gasteiger partial charge in [0.25, 0.3) is 0 Å². The van der Waals surface area contributed by atoms with Gasteiger partial charge in [-0.15, -0.1) is 0 Å². The van der Waals surface area contributed by atoms with Gasteiger partial charge in [0.15, 0.2) is 6.29 Å². The Morgan fingerprint density at radius 1 is 1.24 bits per heavy atom. The van der Waals surface area contributed by atoms with Crippen LogP contribution in [0, 0.1) is 0 Å². The molecule has 0 radical (unpaired) electrons. The van der Waals surface area contributed by atoms with Crippen molar-refractivity contribution >= 4 is 24.1 Å². The van der Waals surface area contributed by atoms with Crippen LogP contribution in [-0.2, 0) is 16.0 Å².